The lowest BCUT2D eigenvalue weighted by Gasteiger charge is -2.58. The van der Waals surface area contributed by atoms with Crippen molar-refractivity contribution in [3.63, 3.8) is 0 Å². The molecule has 6 heteroatoms. The maximum absolute atomic E-state index is 13.1. The van der Waals surface area contributed by atoms with Gasteiger partial charge in [-0.15, -0.1) is 0 Å². The van der Waals surface area contributed by atoms with E-state index in [1.165, 1.54) is 0 Å². The van der Waals surface area contributed by atoms with E-state index in [4.69, 9.17) is 0 Å². The van der Waals surface area contributed by atoms with Gasteiger partial charge in [0.25, 0.3) is 0 Å². The third kappa shape index (κ3) is 3.94. The number of likely N-dealkylation sites (tertiary alicyclic amines) is 1. The fourth-order valence-electron chi connectivity index (χ4n) is 6.83. The molecule has 3 amide bonds. The fourth-order valence-corrected chi connectivity index (χ4v) is 6.83. The van der Waals surface area contributed by atoms with Gasteiger partial charge in [-0.3, -0.25) is 4.79 Å². The van der Waals surface area contributed by atoms with Gasteiger partial charge in [0.05, 0.1) is 18.1 Å². The van der Waals surface area contributed by atoms with Gasteiger partial charge in [-0.1, -0.05) is 30.3 Å². The molecule has 4 aliphatic carbocycles. The minimum Gasteiger partial charge on any atom is -0.390 e. The van der Waals surface area contributed by atoms with Crippen molar-refractivity contribution in [2.24, 2.45) is 17.8 Å². The van der Waals surface area contributed by atoms with E-state index in [0.29, 0.717) is 30.7 Å². The number of nitrogens with one attached hydrogen (secondary N) is 2. The van der Waals surface area contributed by atoms with Gasteiger partial charge in [-0.2, -0.15) is 0 Å². The van der Waals surface area contributed by atoms with Crippen molar-refractivity contribution in [1.82, 2.24) is 15.5 Å². The molecular weight excluding hydrogens is 378 g/mol. The minimum atomic E-state index is -0.475. The lowest BCUT2D eigenvalue weighted by Crippen LogP contribution is -2.63. The Balaban J connectivity index is 1.14. The van der Waals surface area contributed by atoms with Crippen molar-refractivity contribution in [2.75, 3.05) is 13.1 Å². The summed E-state index contributed by atoms with van der Waals surface area (Å²) in [5.41, 5.74) is 0.524. The van der Waals surface area contributed by atoms with E-state index in [1.807, 2.05) is 35.2 Å². The van der Waals surface area contributed by atoms with E-state index in [2.05, 4.69) is 10.6 Å². The van der Waals surface area contributed by atoms with Crippen LogP contribution in [0.2, 0.25) is 0 Å². The number of benzene rings is 1. The highest BCUT2D eigenvalue weighted by Gasteiger charge is 2.55. The van der Waals surface area contributed by atoms with Crippen LogP contribution in [0.15, 0.2) is 30.3 Å². The Morgan fingerprint density at radius 2 is 1.83 bits per heavy atom. The van der Waals surface area contributed by atoms with Crippen molar-refractivity contribution in [3.05, 3.63) is 35.9 Å². The first kappa shape index (κ1) is 19.9. The predicted octanol–water partition coefficient (Wildman–Crippen LogP) is 2.46. The predicted molar refractivity (Wildman–Crippen MR) is 114 cm³/mol. The van der Waals surface area contributed by atoms with Crippen LogP contribution in [0.25, 0.3) is 0 Å². The van der Waals surface area contributed by atoms with Crippen molar-refractivity contribution in [2.45, 2.75) is 69.1 Å². The highest BCUT2D eigenvalue weighted by Crippen LogP contribution is 2.55. The topological polar surface area (TPSA) is 81.7 Å². The van der Waals surface area contributed by atoms with Gasteiger partial charge in [-0.25, -0.2) is 4.79 Å². The highest BCUT2D eigenvalue weighted by atomic mass is 16.3. The van der Waals surface area contributed by atoms with Crippen molar-refractivity contribution < 1.29 is 14.7 Å². The second-order valence-electron chi connectivity index (χ2n) is 10.1. The molecule has 3 atom stereocenters. The minimum absolute atomic E-state index is 0.00254. The molecule has 4 saturated carbocycles. The molecule has 0 spiro atoms. The van der Waals surface area contributed by atoms with Crippen LogP contribution in [-0.4, -0.2) is 52.7 Å². The molecule has 6 nitrogen and oxygen atoms in total. The molecule has 1 aromatic carbocycles. The van der Waals surface area contributed by atoms with Gasteiger partial charge in [0.1, 0.15) is 0 Å². The molecule has 2 unspecified atom stereocenters. The molecule has 0 aromatic heterocycles. The Kier molecular flexibility index (Phi) is 5.21. The monoisotopic (exact) mass is 411 g/mol. The van der Waals surface area contributed by atoms with Crippen LogP contribution < -0.4 is 10.6 Å². The molecule has 5 aliphatic rings. The normalized spacial score (nSPS) is 36.7. The van der Waals surface area contributed by atoms with Crippen LogP contribution in [0.4, 0.5) is 4.79 Å². The average molecular weight is 412 g/mol. The SMILES string of the molecule is O=C(Cc1ccccc1)NC[C@H]1CCCN1C(=O)NC1C2CC3CC1CC(O)(C3)C2. The van der Waals surface area contributed by atoms with Crippen LogP contribution in [0, 0.1) is 17.8 Å². The van der Waals surface area contributed by atoms with Gasteiger partial charge in [-0.05, 0) is 68.3 Å². The number of amides is 3. The summed E-state index contributed by atoms with van der Waals surface area (Å²) in [5.74, 6) is 1.47. The second-order valence-corrected chi connectivity index (χ2v) is 10.1. The number of urea groups is 1. The van der Waals surface area contributed by atoms with E-state index in [-0.39, 0.29) is 24.0 Å². The highest BCUT2D eigenvalue weighted by molar-refractivity contribution is 5.79. The Hall–Kier alpha value is -2.08. The summed E-state index contributed by atoms with van der Waals surface area (Å²) in [5, 5.41) is 17.1. The van der Waals surface area contributed by atoms with Gasteiger partial charge in [0.15, 0.2) is 0 Å². The lowest BCUT2D eigenvalue weighted by molar-refractivity contribution is -0.137. The molecule has 1 aromatic rings. The number of carbonyl (C=O) groups excluding carboxylic acids is 2. The van der Waals surface area contributed by atoms with Crippen LogP contribution in [0.5, 0.6) is 0 Å². The summed E-state index contributed by atoms with van der Waals surface area (Å²) in [6, 6.07) is 10.0. The summed E-state index contributed by atoms with van der Waals surface area (Å²) in [4.78, 5) is 27.3. The maximum atomic E-state index is 13.1. The summed E-state index contributed by atoms with van der Waals surface area (Å²) in [6.07, 6.45) is 7.19. The largest absolute Gasteiger partial charge is 0.390 e. The zero-order valence-electron chi connectivity index (χ0n) is 17.6. The van der Waals surface area contributed by atoms with Crippen LogP contribution >= 0.6 is 0 Å². The summed E-state index contributed by atoms with van der Waals surface area (Å²) in [7, 11) is 0. The summed E-state index contributed by atoms with van der Waals surface area (Å²) < 4.78 is 0. The quantitative estimate of drug-likeness (QED) is 0.696. The first-order valence-corrected chi connectivity index (χ1v) is 11.6. The summed E-state index contributed by atoms with van der Waals surface area (Å²) in [6.45, 7) is 1.26. The third-order valence-corrected chi connectivity index (χ3v) is 7.91. The van der Waals surface area contributed by atoms with Crippen molar-refractivity contribution in [1.29, 1.82) is 0 Å². The number of aliphatic hydroxyl groups is 1. The molecule has 0 radical (unpaired) electrons. The van der Waals surface area contributed by atoms with E-state index < -0.39 is 5.60 Å². The van der Waals surface area contributed by atoms with Crippen LogP contribution in [0.3, 0.4) is 0 Å². The standard InChI is InChI=1S/C24H33N3O3/c28-21(11-16-5-2-1-3-6-16)25-15-20-7-4-8-27(20)23(29)26-22-18-9-17-10-19(22)14-24(30,12-17)13-18/h1-3,5-6,17-20,22,30H,4,7-15H2,(H,25,28)(H,26,29)/t17?,18?,19?,20-,22?,24?/m1/s1. The molecule has 5 fully saturated rings. The van der Waals surface area contributed by atoms with Gasteiger partial charge in [0, 0.05) is 19.1 Å². The first-order valence-electron chi connectivity index (χ1n) is 11.6. The second kappa shape index (κ2) is 7.88. The van der Waals surface area contributed by atoms with Crippen molar-refractivity contribution >= 4 is 11.9 Å². The fraction of sp³-hybridized carbons (Fsp3) is 0.667. The van der Waals surface area contributed by atoms with E-state index in [0.717, 1.165) is 57.1 Å². The van der Waals surface area contributed by atoms with Gasteiger partial charge >= 0.3 is 6.03 Å². The van der Waals surface area contributed by atoms with Crippen LogP contribution in [-0.2, 0) is 11.2 Å². The van der Waals surface area contributed by atoms with Crippen molar-refractivity contribution in [3.8, 4) is 0 Å². The molecule has 3 N–H and O–H groups in total. The van der Waals surface area contributed by atoms with E-state index in [1.54, 1.807) is 0 Å². The molecule has 1 heterocycles. The summed E-state index contributed by atoms with van der Waals surface area (Å²) >= 11 is 0. The number of nitrogens with zero attached hydrogens (tertiary/aromatic N) is 1. The number of hydrogen-bond acceptors (Lipinski definition) is 3. The molecular formula is C24H33N3O3. The third-order valence-electron chi connectivity index (χ3n) is 7.91. The Morgan fingerprint density at radius 1 is 1.10 bits per heavy atom. The molecule has 30 heavy (non-hydrogen) atoms. The molecule has 162 valence electrons. The van der Waals surface area contributed by atoms with Gasteiger partial charge in [0.2, 0.25) is 5.91 Å². The number of carbonyl (C=O) groups is 2. The smallest absolute Gasteiger partial charge is 0.317 e. The molecule has 4 bridgehead atoms. The Morgan fingerprint density at radius 3 is 2.53 bits per heavy atom. The molecule has 1 aliphatic heterocycles. The zero-order chi connectivity index (χ0) is 20.7. The molecule has 1 saturated heterocycles. The zero-order valence-corrected chi connectivity index (χ0v) is 17.6. The number of hydrogen-bond donors (Lipinski definition) is 3. The first-order chi connectivity index (χ1) is 14.5. The lowest BCUT2D eigenvalue weighted by atomic mass is 9.52. The Labute approximate surface area is 178 Å². The van der Waals surface area contributed by atoms with Crippen LogP contribution in [0.1, 0.15) is 50.5 Å². The van der Waals surface area contributed by atoms with E-state index in [9.17, 15) is 14.7 Å². The Bertz CT molecular complexity index is 782. The number of rotatable bonds is 5. The molecule has 6 rings (SSSR count). The van der Waals surface area contributed by atoms with E-state index >= 15 is 0 Å². The maximum Gasteiger partial charge on any atom is 0.317 e. The average Bonchev–Trinajstić information content (AvgIpc) is 3.17. The van der Waals surface area contributed by atoms with Gasteiger partial charge < -0.3 is 20.6 Å².